The molecule has 6 nitrogen and oxygen atoms in total. The number of rotatable bonds is 5. The van der Waals surface area contributed by atoms with Gasteiger partial charge in [-0.15, -0.1) is 18.3 Å². The summed E-state index contributed by atoms with van der Waals surface area (Å²) in [5.41, 5.74) is 4.57. The molecular weight excluding hydrogens is 462 g/mol. The third-order valence-corrected chi connectivity index (χ3v) is 12.2. The molecule has 0 heterocycles. The second kappa shape index (κ2) is 9.77. The number of hydrogen-bond donors (Lipinski definition) is 3. The molecule has 0 amide bonds. The molecule has 4 rings (SSSR count). The van der Waals surface area contributed by atoms with Gasteiger partial charge in [-0.05, 0) is 62.2 Å². The zero-order chi connectivity index (χ0) is 25.8. The van der Waals surface area contributed by atoms with E-state index in [1.54, 1.807) is 0 Å². The van der Waals surface area contributed by atoms with Crippen molar-refractivity contribution in [2.75, 3.05) is 5.75 Å². The first kappa shape index (κ1) is 27.2. The third-order valence-electron chi connectivity index (χ3n) is 10.8. The van der Waals surface area contributed by atoms with Crippen LogP contribution in [-0.4, -0.2) is 57.3 Å². The number of aliphatic hydroxyl groups is 2. The normalized spacial score (nSPS) is 50.1. The summed E-state index contributed by atoms with van der Waals surface area (Å²) in [5.74, 6) is 0.0613. The van der Waals surface area contributed by atoms with Gasteiger partial charge in [0.05, 0.1) is 18.0 Å². The van der Waals surface area contributed by atoms with Crippen molar-refractivity contribution < 1.29 is 24.5 Å². The van der Waals surface area contributed by atoms with E-state index in [4.69, 9.17) is 10.5 Å². The third kappa shape index (κ3) is 4.42. The molecule has 35 heavy (non-hydrogen) atoms. The summed E-state index contributed by atoms with van der Waals surface area (Å²) in [7, 11) is 0. The number of esters is 1. The SMILES string of the molecule is C=C[C@]1(C)C[C@H](OC(=O)CS[C@@H]2CC[C@@H](N)C[C@H]2O)[C@]2(C)[C@H](C)CC[C@]3(CCC(=O)[C@H]32)[C@@H](C)[C@@H]1O. The van der Waals surface area contributed by atoms with Crippen LogP contribution >= 0.6 is 11.8 Å². The maximum Gasteiger partial charge on any atom is 0.316 e. The van der Waals surface area contributed by atoms with Crippen LogP contribution in [0.25, 0.3) is 0 Å². The van der Waals surface area contributed by atoms with Crippen molar-refractivity contribution in [2.45, 2.75) is 109 Å². The van der Waals surface area contributed by atoms with E-state index in [1.807, 2.05) is 13.0 Å². The number of Topliss-reactive ketones (excluding diaryl/α,β-unsaturated/α-hetero) is 1. The molecule has 0 aromatic rings. The fraction of sp³-hybridized carbons (Fsp3) is 0.857. The van der Waals surface area contributed by atoms with E-state index in [9.17, 15) is 19.8 Å². The lowest BCUT2D eigenvalue weighted by atomic mass is 9.44. The maximum absolute atomic E-state index is 13.5. The van der Waals surface area contributed by atoms with Crippen LogP contribution in [0.5, 0.6) is 0 Å². The maximum atomic E-state index is 13.5. The summed E-state index contributed by atoms with van der Waals surface area (Å²) < 4.78 is 6.29. The Morgan fingerprint density at radius 3 is 2.60 bits per heavy atom. The van der Waals surface area contributed by atoms with Crippen LogP contribution in [0.4, 0.5) is 0 Å². The summed E-state index contributed by atoms with van der Waals surface area (Å²) >= 11 is 1.45. The molecule has 4 saturated carbocycles. The fourth-order valence-corrected chi connectivity index (χ4v) is 9.27. The molecular formula is C28H45NO5S. The van der Waals surface area contributed by atoms with Gasteiger partial charge in [0.25, 0.3) is 0 Å². The molecule has 0 radical (unpaired) electrons. The summed E-state index contributed by atoms with van der Waals surface area (Å²) in [6.45, 7) is 12.5. The van der Waals surface area contributed by atoms with Gasteiger partial charge in [-0.2, -0.15) is 0 Å². The lowest BCUT2D eigenvalue weighted by Crippen LogP contribution is -2.63. The highest BCUT2D eigenvalue weighted by Crippen LogP contribution is 2.68. The minimum absolute atomic E-state index is 0.0194. The molecule has 0 aliphatic heterocycles. The second-order valence-electron chi connectivity index (χ2n) is 12.6. The standard InChI is InChI=1S/C28H45NO5S/c1-6-26(4)14-22(34-23(32)15-35-21-8-7-18(29)13-20(21)31)27(5)16(2)9-11-28(17(3)25(26)33)12-10-19(30)24(27)28/h6,16-18,20-22,24-25,31,33H,1,7-15,29H2,2-5H3/t16-,17+,18-,20-,21-,22+,24+,25+,26-,27+,28+/m1/s1. The van der Waals surface area contributed by atoms with Crippen molar-refractivity contribution in [3.8, 4) is 0 Å². The van der Waals surface area contributed by atoms with Gasteiger partial charge in [0.1, 0.15) is 11.9 Å². The molecule has 0 aromatic heterocycles. The Morgan fingerprint density at radius 2 is 1.94 bits per heavy atom. The fourth-order valence-electron chi connectivity index (χ4n) is 8.21. The van der Waals surface area contributed by atoms with E-state index in [1.165, 1.54) is 11.8 Å². The highest BCUT2D eigenvalue weighted by Gasteiger charge is 2.68. The van der Waals surface area contributed by atoms with Gasteiger partial charge in [0.15, 0.2) is 0 Å². The zero-order valence-corrected chi connectivity index (χ0v) is 22.7. The highest BCUT2D eigenvalue weighted by molar-refractivity contribution is 8.00. The number of thioether (sulfide) groups is 1. The Balaban J connectivity index is 1.62. The topological polar surface area (TPSA) is 110 Å². The number of hydrogen-bond acceptors (Lipinski definition) is 7. The van der Waals surface area contributed by atoms with E-state index < -0.39 is 29.1 Å². The van der Waals surface area contributed by atoms with E-state index in [-0.39, 0.29) is 52.0 Å². The minimum atomic E-state index is -0.663. The van der Waals surface area contributed by atoms with Crippen LogP contribution in [0.15, 0.2) is 12.7 Å². The molecule has 4 aliphatic carbocycles. The number of ether oxygens (including phenoxy) is 1. The van der Waals surface area contributed by atoms with Crippen LogP contribution in [0.1, 0.15) is 79.1 Å². The van der Waals surface area contributed by atoms with E-state index in [0.29, 0.717) is 19.3 Å². The Hall–Kier alpha value is -0.890. The summed E-state index contributed by atoms with van der Waals surface area (Å²) in [6, 6.07) is 0.0195. The second-order valence-corrected chi connectivity index (χ2v) is 13.8. The number of ketones is 1. The predicted octanol–water partition coefficient (Wildman–Crippen LogP) is 3.87. The first-order valence-electron chi connectivity index (χ1n) is 13.5. The van der Waals surface area contributed by atoms with Gasteiger partial charge in [0.2, 0.25) is 0 Å². The molecule has 7 heteroatoms. The lowest BCUT2D eigenvalue weighted by molar-refractivity contribution is -0.205. The smallest absolute Gasteiger partial charge is 0.316 e. The minimum Gasteiger partial charge on any atom is -0.461 e. The Kier molecular flexibility index (Phi) is 7.58. The Morgan fingerprint density at radius 1 is 1.23 bits per heavy atom. The van der Waals surface area contributed by atoms with Crippen molar-refractivity contribution in [2.24, 2.45) is 39.7 Å². The average Bonchev–Trinajstić information content (AvgIpc) is 3.17. The molecule has 4 fully saturated rings. The number of carbonyl (C=O) groups excluding carboxylic acids is 2. The molecule has 0 spiro atoms. The van der Waals surface area contributed by atoms with E-state index in [2.05, 4.69) is 27.4 Å². The van der Waals surface area contributed by atoms with Crippen molar-refractivity contribution in [1.29, 1.82) is 0 Å². The van der Waals surface area contributed by atoms with E-state index >= 15 is 0 Å². The van der Waals surface area contributed by atoms with Gasteiger partial charge in [-0.3, -0.25) is 9.59 Å². The average molecular weight is 508 g/mol. The largest absolute Gasteiger partial charge is 0.461 e. The van der Waals surface area contributed by atoms with Gasteiger partial charge >= 0.3 is 5.97 Å². The summed E-state index contributed by atoms with van der Waals surface area (Å²) in [5, 5.41) is 22.0. The Bertz CT molecular complexity index is 851. The van der Waals surface area contributed by atoms with Crippen molar-refractivity contribution in [3.05, 3.63) is 12.7 Å². The first-order chi connectivity index (χ1) is 16.4. The van der Waals surface area contributed by atoms with Crippen molar-refractivity contribution in [3.63, 3.8) is 0 Å². The molecule has 4 aliphatic rings. The molecule has 11 atom stereocenters. The van der Waals surface area contributed by atoms with Crippen LogP contribution in [0.2, 0.25) is 0 Å². The molecule has 2 bridgehead atoms. The molecule has 0 aromatic carbocycles. The van der Waals surface area contributed by atoms with Gasteiger partial charge in [-0.25, -0.2) is 0 Å². The van der Waals surface area contributed by atoms with Gasteiger partial charge < -0.3 is 20.7 Å². The number of carbonyl (C=O) groups is 2. The van der Waals surface area contributed by atoms with Crippen LogP contribution in [0.3, 0.4) is 0 Å². The van der Waals surface area contributed by atoms with Gasteiger partial charge in [-0.1, -0.05) is 33.8 Å². The summed E-state index contributed by atoms with van der Waals surface area (Å²) in [6.07, 6.45) is 6.01. The van der Waals surface area contributed by atoms with Gasteiger partial charge in [0, 0.05) is 34.5 Å². The molecule has 0 saturated heterocycles. The van der Waals surface area contributed by atoms with E-state index in [0.717, 1.165) is 32.1 Å². The number of nitrogens with two attached hydrogens (primary N) is 1. The number of aliphatic hydroxyl groups excluding tert-OH is 2. The monoisotopic (exact) mass is 507 g/mol. The van der Waals surface area contributed by atoms with Crippen LogP contribution in [0, 0.1) is 34.0 Å². The molecule has 198 valence electrons. The van der Waals surface area contributed by atoms with Crippen molar-refractivity contribution >= 4 is 23.5 Å². The molecule has 0 unspecified atom stereocenters. The summed E-state index contributed by atoms with van der Waals surface area (Å²) in [4.78, 5) is 26.7. The van der Waals surface area contributed by atoms with Crippen LogP contribution in [-0.2, 0) is 14.3 Å². The lowest BCUT2D eigenvalue weighted by Gasteiger charge is -2.61. The quantitative estimate of drug-likeness (QED) is 0.383. The highest BCUT2D eigenvalue weighted by atomic mass is 32.2. The Labute approximate surface area is 214 Å². The first-order valence-corrected chi connectivity index (χ1v) is 14.5. The van der Waals surface area contributed by atoms with Crippen LogP contribution < -0.4 is 5.73 Å². The zero-order valence-electron chi connectivity index (χ0n) is 21.9. The van der Waals surface area contributed by atoms with Crippen molar-refractivity contribution in [1.82, 2.24) is 0 Å². The predicted molar refractivity (Wildman–Crippen MR) is 139 cm³/mol. The molecule has 4 N–H and O–H groups in total.